The van der Waals surface area contributed by atoms with Crippen molar-refractivity contribution in [3.8, 4) is 0 Å². The van der Waals surface area contributed by atoms with Crippen LogP contribution in [0.25, 0.3) is 0 Å². The summed E-state index contributed by atoms with van der Waals surface area (Å²) in [6.45, 7) is 0. The maximum Gasteiger partial charge on any atom is 0.190 e. The standard InChI is InChI=1S/C6H7N4/c7-6(8)10-5-2-1-3-9-4-5/h1-3H,(H4,7,8,10). The molecule has 0 fully saturated rings. The van der Waals surface area contributed by atoms with Gasteiger partial charge >= 0.3 is 0 Å². The number of nitrogens with two attached hydrogens (primary N) is 1. The molecule has 0 saturated heterocycles. The molecule has 0 atom stereocenters. The highest BCUT2D eigenvalue weighted by Gasteiger charge is 1.89. The van der Waals surface area contributed by atoms with Gasteiger partial charge in [0, 0.05) is 6.20 Å². The van der Waals surface area contributed by atoms with Crippen molar-refractivity contribution >= 4 is 11.6 Å². The van der Waals surface area contributed by atoms with E-state index < -0.39 is 0 Å². The van der Waals surface area contributed by atoms with Crippen molar-refractivity contribution in [1.82, 2.24) is 4.98 Å². The van der Waals surface area contributed by atoms with E-state index in [-0.39, 0.29) is 5.96 Å². The zero-order valence-corrected chi connectivity index (χ0v) is 5.26. The van der Waals surface area contributed by atoms with Crippen LogP contribution < -0.4 is 11.1 Å². The van der Waals surface area contributed by atoms with Gasteiger partial charge in [0.25, 0.3) is 0 Å². The van der Waals surface area contributed by atoms with Crippen LogP contribution in [-0.2, 0) is 0 Å². The van der Waals surface area contributed by atoms with E-state index in [1.54, 1.807) is 18.3 Å². The van der Waals surface area contributed by atoms with Crippen LogP contribution in [0.4, 0.5) is 5.69 Å². The molecule has 51 valence electrons. The average Bonchev–Trinajstić information content (AvgIpc) is 1.88. The summed E-state index contributed by atoms with van der Waals surface area (Å²) >= 11 is 0. The normalized spacial score (nSPS) is 8.80. The SMILES string of the molecule is N=C(N)Nc1[c]nccc1. The summed E-state index contributed by atoms with van der Waals surface area (Å²) in [6, 6.07) is 3.47. The molecule has 1 aromatic rings. The van der Waals surface area contributed by atoms with E-state index in [1.807, 2.05) is 0 Å². The molecule has 0 aliphatic heterocycles. The number of guanidine groups is 1. The number of nitrogens with one attached hydrogen (secondary N) is 2. The first-order valence-corrected chi connectivity index (χ1v) is 2.73. The predicted molar refractivity (Wildman–Crippen MR) is 38.6 cm³/mol. The fourth-order valence-electron chi connectivity index (χ4n) is 0.541. The summed E-state index contributed by atoms with van der Waals surface area (Å²) in [6.07, 6.45) is 4.22. The van der Waals surface area contributed by atoms with Crippen LogP contribution in [0.15, 0.2) is 18.3 Å². The van der Waals surface area contributed by atoms with E-state index in [0.29, 0.717) is 5.69 Å². The summed E-state index contributed by atoms with van der Waals surface area (Å²) in [5, 5.41) is 9.40. The van der Waals surface area contributed by atoms with Crippen LogP contribution in [0.2, 0.25) is 0 Å². The highest BCUT2D eigenvalue weighted by Crippen LogP contribution is 1.99. The molecule has 0 amide bonds. The van der Waals surface area contributed by atoms with Crippen molar-refractivity contribution in [2.45, 2.75) is 0 Å². The molecule has 1 rings (SSSR count). The number of hydrogen-bond donors (Lipinski definition) is 3. The molecule has 1 aromatic heterocycles. The van der Waals surface area contributed by atoms with E-state index in [4.69, 9.17) is 11.1 Å². The van der Waals surface area contributed by atoms with E-state index in [9.17, 15) is 0 Å². The van der Waals surface area contributed by atoms with Crippen LogP contribution in [-0.4, -0.2) is 10.9 Å². The maximum absolute atomic E-state index is 6.85. The van der Waals surface area contributed by atoms with E-state index in [0.717, 1.165) is 0 Å². The number of aromatic nitrogens is 1. The predicted octanol–water partition coefficient (Wildman–Crippen LogP) is 0.187. The minimum absolute atomic E-state index is 0.107. The quantitative estimate of drug-likeness (QED) is 0.380. The zero-order valence-electron chi connectivity index (χ0n) is 5.26. The molecule has 4 nitrogen and oxygen atoms in total. The van der Waals surface area contributed by atoms with Gasteiger partial charge in [-0.15, -0.1) is 0 Å². The molecule has 0 aromatic carbocycles. The Morgan fingerprint density at radius 3 is 3.10 bits per heavy atom. The minimum Gasteiger partial charge on any atom is -0.370 e. The Morgan fingerprint density at radius 1 is 1.80 bits per heavy atom. The molecular formula is C6H7N4. The van der Waals surface area contributed by atoms with Gasteiger partial charge in [0.2, 0.25) is 0 Å². The third-order valence-electron chi connectivity index (χ3n) is 0.878. The highest BCUT2D eigenvalue weighted by molar-refractivity contribution is 5.89. The summed E-state index contributed by atoms with van der Waals surface area (Å²) in [5.41, 5.74) is 5.66. The Morgan fingerprint density at radius 2 is 2.60 bits per heavy atom. The molecule has 0 unspecified atom stereocenters. The molecule has 4 heteroatoms. The van der Waals surface area contributed by atoms with Crippen molar-refractivity contribution in [3.63, 3.8) is 0 Å². The second-order valence-electron chi connectivity index (χ2n) is 1.70. The molecule has 0 saturated carbocycles. The Labute approximate surface area is 58.6 Å². The summed E-state index contributed by atoms with van der Waals surface area (Å²) in [7, 11) is 0. The van der Waals surface area contributed by atoms with Crippen LogP contribution in [0, 0.1) is 11.6 Å². The molecule has 0 bridgehead atoms. The molecule has 0 aliphatic carbocycles. The van der Waals surface area contributed by atoms with Gasteiger partial charge in [0.15, 0.2) is 5.96 Å². The third-order valence-corrected chi connectivity index (χ3v) is 0.878. The third kappa shape index (κ3) is 1.74. The van der Waals surface area contributed by atoms with Crippen molar-refractivity contribution in [1.29, 1.82) is 5.41 Å². The Balaban J connectivity index is 2.67. The topological polar surface area (TPSA) is 74.8 Å². The molecule has 4 N–H and O–H groups in total. The molecule has 0 spiro atoms. The van der Waals surface area contributed by atoms with E-state index in [1.165, 1.54) is 0 Å². The summed E-state index contributed by atoms with van der Waals surface area (Å²) in [5.74, 6) is -0.107. The first-order valence-electron chi connectivity index (χ1n) is 2.73. The lowest BCUT2D eigenvalue weighted by Gasteiger charge is -1.99. The number of nitrogens with zero attached hydrogens (tertiary/aromatic N) is 1. The van der Waals surface area contributed by atoms with Gasteiger partial charge in [-0.25, -0.2) is 0 Å². The van der Waals surface area contributed by atoms with Gasteiger partial charge in [-0.1, -0.05) is 0 Å². The van der Waals surface area contributed by atoms with Gasteiger partial charge < -0.3 is 11.1 Å². The van der Waals surface area contributed by atoms with Crippen molar-refractivity contribution in [2.75, 3.05) is 5.32 Å². The van der Waals surface area contributed by atoms with E-state index >= 15 is 0 Å². The Hall–Kier alpha value is -1.58. The van der Waals surface area contributed by atoms with E-state index in [2.05, 4.69) is 16.5 Å². The van der Waals surface area contributed by atoms with Crippen molar-refractivity contribution in [3.05, 3.63) is 24.5 Å². The molecule has 10 heavy (non-hydrogen) atoms. The number of hydrogen-bond acceptors (Lipinski definition) is 2. The fourth-order valence-corrected chi connectivity index (χ4v) is 0.541. The molecular weight excluding hydrogens is 128 g/mol. The maximum atomic E-state index is 6.85. The monoisotopic (exact) mass is 135 g/mol. The lowest BCUT2D eigenvalue weighted by Crippen LogP contribution is -2.20. The second kappa shape index (κ2) is 2.82. The first kappa shape index (κ1) is 6.54. The number of rotatable bonds is 1. The highest BCUT2D eigenvalue weighted by atomic mass is 15.0. The fraction of sp³-hybridized carbons (Fsp3) is 0. The van der Waals surface area contributed by atoms with Gasteiger partial charge in [-0.05, 0) is 12.1 Å². The lowest BCUT2D eigenvalue weighted by molar-refractivity contribution is 1.30. The first-order chi connectivity index (χ1) is 4.79. The van der Waals surface area contributed by atoms with Gasteiger partial charge in [-0.3, -0.25) is 10.4 Å². The second-order valence-corrected chi connectivity index (χ2v) is 1.70. The Kier molecular flexibility index (Phi) is 1.84. The van der Waals surface area contributed by atoms with Gasteiger partial charge in [-0.2, -0.15) is 0 Å². The van der Waals surface area contributed by atoms with Crippen LogP contribution >= 0.6 is 0 Å². The van der Waals surface area contributed by atoms with Crippen molar-refractivity contribution in [2.24, 2.45) is 5.73 Å². The van der Waals surface area contributed by atoms with Gasteiger partial charge in [0.05, 0.1) is 5.69 Å². The number of pyridine rings is 1. The van der Waals surface area contributed by atoms with Crippen LogP contribution in [0.1, 0.15) is 0 Å². The molecule has 1 radical (unpaired) electrons. The number of anilines is 1. The average molecular weight is 135 g/mol. The largest absolute Gasteiger partial charge is 0.370 e. The lowest BCUT2D eigenvalue weighted by atomic mass is 10.4. The van der Waals surface area contributed by atoms with Crippen molar-refractivity contribution < 1.29 is 0 Å². The zero-order chi connectivity index (χ0) is 7.40. The van der Waals surface area contributed by atoms with Crippen LogP contribution in [0.3, 0.4) is 0 Å². The van der Waals surface area contributed by atoms with Crippen LogP contribution in [0.5, 0.6) is 0 Å². The Bertz CT molecular complexity index is 218. The molecule has 1 heterocycles. The van der Waals surface area contributed by atoms with Gasteiger partial charge in [0.1, 0.15) is 6.20 Å². The molecule has 0 aliphatic rings. The summed E-state index contributed by atoms with van der Waals surface area (Å²) in [4.78, 5) is 3.70. The smallest absolute Gasteiger partial charge is 0.190 e. The minimum atomic E-state index is -0.107. The summed E-state index contributed by atoms with van der Waals surface area (Å²) < 4.78 is 0.